The topological polar surface area (TPSA) is 72.1 Å². The molecule has 0 radical (unpaired) electrons. The molecule has 7 nitrogen and oxygen atoms in total. The Bertz CT molecular complexity index is 1320. The Hall–Kier alpha value is -3.36. The second-order valence-electron chi connectivity index (χ2n) is 10.6. The maximum Gasteiger partial charge on any atom is 0.260 e. The number of aliphatic hydroxyl groups excluding tert-OH is 1. The van der Waals surface area contributed by atoms with Gasteiger partial charge in [0.15, 0.2) is 5.84 Å². The minimum absolute atomic E-state index is 0.174. The maximum absolute atomic E-state index is 10.5. The third-order valence-electron chi connectivity index (χ3n) is 7.04. The molecular weight excluding hydrogens is 468 g/mol. The molecule has 1 fully saturated rings. The molecule has 0 aliphatic carbocycles. The highest BCUT2D eigenvalue weighted by atomic mass is 28.3. The number of oxime groups is 1. The number of rotatable bonds is 6. The minimum Gasteiger partial charge on any atom is -0.495 e. The van der Waals surface area contributed by atoms with Gasteiger partial charge in [0.2, 0.25) is 0 Å². The molecule has 1 unspecified atom stereocenters. The van der Waals surface area contributed by atoms with Crippen LogP contribution in [0.15, 0.2) is 65.7 Å². The van der Waals surface area contributed by atoms with E-state index < -0.39 is 13.8 Å². The molecule has 8 heteroatoms. The molecule has 2 aromatic carbocycles. The summed E-state index contributed by atoms with van der Waals surface area (Å²) >= 11 is 0. The Morgan fingerprint density at radius 2 is 1.94 bits per heavy atom. The molecule has 0 spiro atoms. The number of hydrogen-bond donors (Lipinski definition) is 1. The summed E-state index contributed by atoms with van der Waals surface area (Å²) in [7, 11) is 0.259. The number of aromatic nitrogens is 2. The monoisotopic (exact) mass is 502 g/mol. The number of amidine groups is 1. The van der Waals surface area contributed by atoms with E-state index in [0.29, 0.717) is 0 Å². The Morgan fingerprint density at radius 3 is 2.58 bits per heavy atom. The molecule has 0 bridgehead atoms. The van der Waals surface area contributed by atoms with Crippen molar-refractivity contribution in [1.29, 1.82) is 0 Å². The van der Waals surface area contributed by atoms with Gasteiger partial charge < -0.3 is 24.1 Å². The van der Waals surface area contributed by atoms with Gasteiger partial charge in [-0.25, -0.2) is 4.98 Å². The lowest BCUT2D eigenvalue weighted by atomic mass is 9.95. The molecule has 1 aromatic heterocycles. The standard InChI is InChI=1S/C28H34N4O3Si/c1-20-17-31(19-29-20)25-13-8-21(16-26(25)34-2)15-22-7-6-14-32-27(22)30-35-28(32,18-33)23-9-11-24(12-10-23)36(3,4)5/h8-13,15-17,19,33H,6-7,14,18H2,1-5H3. The summed E-state index contributed by atoms with van der Waals surface area (Å²) in [4.78, 5) is 12.5. The molecule has 188 valence electrons. The van der Waals surface area contributed by atoms with Crippen LogP contribution in [0.1, 0.15) is 29.7 Å². The first-order valence-corrected chi connectivity index (χ1v) is 15.9. The van der Waals surface area contributed by atoms with Gasteiger partial charge in [-0.1, -0.05) is 60.3 Å². The van der Waals surface area contributed by atoms with Crippen molar-refractivity contribution in [3.8, 4) is 11.4 Å². The molecule has 3 heterocycles. The van der Waals surface area contributed by atoms with Crippen molar-refractivity contribution in [2.24, 2.45) is 5.16 Å². The van der Waals surface area contributed by atoms with E-state index >= 15 is 0 Å². The van der Waals surface area contributed by atoms with Crippen LogP contribution in [-0.4, -0.2) is 53.7 Å². The number of hydrogen-bond acceptors (Lipinski definition) is 6. The summed E-state index contributed by atoms with van der Waals surface area (Å²) in [5.74, 6) is 1.56. The van der Waals surface area contributed by atoms with Gasteiger partial charge in [-0.2, -0.15) is 0 Å². The highest BCUT2D eigenvalue weighted by molar-refractivity contribution is 6.88. The van der Waals surface area contributed by atoms with Crippen LogP contribution in [0.4, 0.5) is 0 Å². The van der Waals surface area contributed by atoms with Crippen molar-refractivity contribution in [3.63, 3.8) is 0 Å². The van der Waals surface area contributed by atoms with E-state index in [1.807, 2.05) is 29.8 Å². The van der Waals surface area contributed by atoms with E-state index in [4.69, 9.17) is 9.57 Å². The molecule has 36 heavy (non-hydrogen) atoms. The number of nitrogens with zero attached hydrogens (tertiary/aromatic N) is 4. The largest absolute Gasteiger partial charge is 0.495 e. The zero-order valence-corrected chi connectivity index (χ0v) is 22.7. The van der Waals surface area contributed by atoms with E-state index in [2.05, 4.69) is 71.1 Å². The summed E-state index contributed by atoms with van der Waals surface area (Å²) in [5, 5.41) is 16.4. The van der Waals surface area contributed by atoms with Gasteiger partial charge >= 0.3 is 0 Å². The van der Waals surface area contributed by atoms with E-state index in [1.165, 1.54) is 5.19 Å². The zero-order valence-electron chi connectivity index (χ0n) is 21.7. The molecule has 1 saturated heterocycles. The van der Waals surface area contributed by atoms with Crippen LogP contribution in [-0.2, 0) is 10.6 Å². The summed E-state index contributed by atoms with van der Waals surface area (Å²) in [6.45, 7) is 9.56. The average Bonchev–Trinajstić information content (AvgIpc) is 3.48. The third kappa shape index (κ3) is 4.24. The van der Waals surface area contributed by atoms with Crippen molar-refractivity contribution in [3.05, 3.63) is 77.4 Å². The van der Waals surface area contributed by atoms with Crippen molar-refractivity contribution in [1.82, 2.24) is 14.5 Å². The number of benzene rings is 2. The number of methoxy groups -OCH3 is 1. The maximum atomic E-state index is 10.5. The Labute approximate surface area is 213 Å². The van der Waals surface area contributed by atoms with Gasteiger partial charge in [0, 0.05) is 18.3 Å². The molecule has 2 aliphatic heterocycles. The first-order chi connectivity index (χ1) is 17.2. The summed E-state index contributed by atoms with van der Waals surface area (Å²) in [6.07, 6.45) is 7.75. The fourth-order valence-corrected chi connectivity index (χ4v) is 6.15. The van der Waals surface area contributed by atoms with Gasteiger partial charge in [0.05, 0.1) is 32.9 Å². The normalized spacial score (nSPS) is 20.8. The van der Waals surface area contributed by atoms with Crippen molar-refractivity contribution < 1.29 is 14.7 Å². The number of ether oxygens (including phenoxy) is 1. The van der Waals surface area contributed by atoms with Gasteiger partial charge in [-0.15, -0.1) is 0 Å². The number of piperidine rings is 1. The van der Waals surface area contributed by atoms with Crippen molar-refractivity contribution >= 4 is 25.2 Å². The van der Waals surface area contributed by atoms with Gasteiger partial charge in [-0.3, -0.25) is 0 Å². The van der Waals surface area contributed by atoms with Crippen LogP contribution in [0.25, 0.3) is 11.8 Å². The second-order valence-corrected chi connectivity index (χ2v) is 15.6. The lowest BCUT2D eigenvalue weighted by Crippen LogP contribution is -2.51. The summed E-state index contributed by atoms with van der Waals surface area (Å²) in [5.41, 5.74) is 3.93. The lowest BCUT2D eigenvalue weighted by molar-refractivity contribution is -0.137. The quantitative estimate of drug-likeness (QED) is 0.506. The smallest absolute Gasteiger partial charge is 0.260 e. The highest BCUT2D eigenvalue weighted by Gasteiger charge is 2.49. The molecule has 5 rings (SSSR count). The molecule has 2 aliphatic rings. The fourth-order valence-electron chi connectivity index (χ4n) is 4.98. The first kappa shape index (κ1) is 24.3. The van der Waals surface area contributed by atoms with Gasteiger partial charge in [-0.05, 0) is 49.1 Å². The van der Waals surface area contributed by atoms with Gasteiger partial charge in [0.1, 0.15) is 12.4 Å². The molecule has 1 atom stereocenters. The second kappa shape index (κ2) is 9.26. The van der Waals surface area contributed by atoms with E-state index in [0.717, 1.165) is 59.1 Å². The molecule has 0 saturated carbocycles. The van der Waals surface area contributed by atoms with Crippen LogP contribution < -0.4 is 9.92 Å². The fraction of sp³-hybridized carbons (Fsp3) is 0.357. The lowest BCUT2D eigenvalue weighted by Gasteiger charge is -2.39. The molecule has 1 N–H and O–H groups in total. The first-order valence-electron chi connectivity index (χ1n) is 12.4. The van der Waals surface area contributed by atoms with Gasteiger partial charge in [0.25, 0.3) is 5.72 Å². The molecule has 3 aromatic rings. The SMILES string of the molecule is COc1cc(C=C2CCCN3C2=NOC3(CO)c2ccc([Si](C)(C)C)cc2)ccc1-n1cnc(C)c1. The van der Waals surface area contributed by atoms with E-state index in [9.17, 15) is 5.11 Å². The Balaban J connectivity index is 1.45. The summed E-state index contributed by atoms with van der Waals surface area (Å²) in [6, 6.07) is 14.7. The van der Waals surface area contributed by atoms with E-state index in [1.54, 1.807) is 13.4 Å². The molecule has 0 amide bonds. The van der Waals surface area contributed by atoms with Crippen LogP contribution in [0.5, 0.6) is 5.75 Å². The minimum atomic E-state index is -1.42. The van der Waals surface area contributed by atoms with Crippen LogP contribution in [0.3, 0.4) is 0 Å². The van der Waals surface area contributed by atoms with Crippen LogP contribution >= 0.6 is 0 Å². The Kier molecular flexibility index (Phi) is 6.26. The number of fused-ring (bicyclic) bond motifs is 1. The number of aryl methyl sites for hydroxylation is 1. The third-order valence-corrected chi connectivity index (χ3v) is 9.11. The van der Waals surface area contributed by atoms with Crippen LogP contribution in [0.2, 0.25) is 19.6 Å². The van der Waals surface area contributed by atoms with Crippen molar-refractivity contribution in [2.45, 2.75) is 45.1 Å². The van der Waals surface area contributed by atoms with E-state index in [-0.39, 0.29) is 6.61 Å². The van der Waals surface area contributed by atoms with Crippen LogP contribution in [0, 0.1) is 6.92 Å². The zero-order chi connectivity index (χ0) is 25.5. The van der Waals surface area contributed by atoms with Crippen molar-refractivity contribution in [2.75, 3.05) is 20.3 Å². The predicted molar refractivity (Wildman–Crippen MR) is 145 cm³/mol. The highest BCUT2D eigenvalue weighted by Crippen LogP contribution is 2.40. The molecular formula is C28H34N4O3Si. The number of aliphatic hydroxyl groups is 1. The average molecular weight is 503 g/mol. The Morgan fingerprint density at radius 1 is 1.17 bits per heavy atom. The predicted octanol–water partition coefficient (Wildman–Crippen LogP) is 4.40. The summed E-state index contributed by atoms with van der Waals surface area (Å²) < 4.78 is 7.66. The number of imidazole rings is 1.